The average molecular weight is 305 g/mol. The number of nitrogens with one attached hydrogen (secondary N) is 1. The van der Waals surface area contributed by atoms with E-state index in [1.807, 2.05) is 42.6 Å². The predicted octanol–water partition coefficient (Wildman–Crippen LogP) is 3.70. The van der Waals surface area contributed by atoms with E-state index < -0.39 is 0 Å². The van der Waals surface area contributed by atoms with E-state index in [1.54, 1.807) is 16.8 Å². The summed E-state index contributed by atoms with van der Waals surface area (Å²) in [7, 11) is 0. The predicted molar refractivity (Wildman–Crippen MR) is 86.3 cm³/mol. The van der Waals surface area contributed by atoms with Gasteiger partial charge >= 0.3 is 0 Å². The van der Waals surface area contributed by atoms with E-state index in [9.17, 15) is 4.39 Å². The van der Waals surface area contributed by atoms with Gasteiger partial charge in [0.05, 0.1) is 5.69 Å². The lowest BCUT2D eigenvalue weighted by Gasteiger charge is -2.06. The van der Waals surface area contributed by atoms with E-state index in [0.717, 1.165) is 5.69 Å². The van der Waals surface area contributed by atoms with Crippen LogP contribution in [0, 0.1) is 5.82 Å². The van der Waals surface area contributed by atoms with Gasteiger partial charge in [0.1, 0.15) is 23.5 Å². The summed E-state index contributed by atoms with van der Waals surface area (Å²) in [5, 5.41) is 8.18. The Morgan fingerprint density at radius 1 is 0.913 bits per heavy atom. The SMILES string of the molecule is Fc1cccc2c(Nc3ccn(-c4ccccc4)n3)ncnc12. The molecular weight excluding hydrogens is 293 g/mol. The third kappa shape index (κ3) is 2.50. The van der Waals surface area contributed by atoms with Crippen LogP contribution >= 0.6 is 0 Å². The minimum Gasteiger partial charge on any atom is -0.323 e. The number of nitrogens with zero attached hydrogens (tertiary/aromatic N) is 4. The van der Waals surface area contributed by atoms with Gasteiger partial charge in [-0.25, -0.2) is 19.0 Å². The first kappa shape index (κ1) is 13.4. The summed E-state index contributed by atoms with van der Waals surface area (Å²) in [5.41, 5.74) is 1.24. The van der Waals surface area contributed by atoms with Crippen molar-refractivity contribution in [2.24, 2.45) is 0 Å². The number of para-hydroxylation sites is 2. The molecule has 0 fully saturated rings. The number of benzene rings is 2. The lowest BCUT2D eigenvalue weighted by molar-refractivity contribution is 0.636. The molecule has 1 N–H and O–H groups in total. The first-order chi connectivity index (χ1) is 11.3. The highest BCUT2D eigenvalue weighted by Crippen LogP contribution is 2.23. The Morgan fingerprint density at radius 3 is 2.65 bits per heavy atom. The van der Waals surface area contributed by atoms with Crippen molar-refractivity contribution >= 4 is 22.5 Å². The second-order valence-corrected chi connectivity index (χ2v) is 4.96. The molecule has 0 bridgehead atoms. The molecule has 2 aromatic heterocycles. The molecule has 0 atom stereocenters. The van der Waals surface area contributed by atoms with Crippen LogP contribution in [0.5, 0.6) is 0 Å². The van der Waals surface area contributed by atoms with Crippen molar-refractivity contribution in [3.05, 3.63) is 72.9 Å². The Morgan fingerprint density at radius 2 is 1.78 bits per heavy atom. The lowest BCUT2D eigenvalue weighted by atomic mass is 10.2. The van der Waals surface area contributed by atoms with E-state index >= 15 is 0 Å². The van der Waals surface area contributed by atoms with Crippen LogP contribution in [-0.4, -0.2) is 19.7 Å². The van der Waals surface area contributed by atoms with E-state index in [1.165, 1.54) is 12.4 Å². The van der Waals surface area contributed by atoms with E-state index in [4.69, 9.17) is 0 Å². The van der Waals surface area contributed by atoms with Crippen LogP contribution in [-0.2, 0) is 0 Å². The van der Waals surface area contributed by atoms with Gasteiger partial charge in [-0.3, -0.25) is 0 Å². The van der Waals surface area contributed by atoms with Gasteiger partial charge in [-0.15, -0.1) is 0 Å². The fraction of sp³-hybridized carbons (Fsp3) is 0. The van der Waals surface area contributed by atoms with Gasteiger partial charge < -0.3 is 5.32 Å². The molecule has 4 aromatic rings. The normalized spacial score (nSPS) is 10.8. The summed E-state index contributed by atoms with van der Waals surface area (Å²) in [4.78, 5) is 8.17. The van der Waals surface area contributed by atoms with Crippen molar-refractivity contribution in [3.8, 4) is 5.69 Å². The fourth-order valence-corrected chi connectivity index (χ4v) is 2.39. The molecule has 112 valence electrons. The van der Waals surface area contributed by atoms with Gasteiger partial charge in [0, 0.05) is 17.6 Å². The highest BCUT2D eigenvalue weighted by Gasteiger charge is 2.09. The minimum atomic E-state index is -0.372. The van der Waals surface area contributed by atoms with Crippen molar-refractivity contribution in [2.45, 2.75) is 0 Å². The summed E-state index contributed by atoms with van der Waals surface area (Å²) >= 11 is 0. The van der Waals surface area contributed by atoms with Crippen LogP contribution in [0.1, 0.15) is 0 Å². The maximum atomic E-state index is 13.8. The maximum absolute atomic E-state index is 13.8. The molecule has 2 aromatic carbocycles. The minimum absolute atomic E-state index is 0.285. The van der Waals surface area contributed by atoms with Crippen molar-refractivity contribution in [3.63, 3.8) is 0 Å². The molecular formula is C17H12FN5. The van der Waals surface area contributed by atoms with Gasteiger partial charge in [0.15, 0.2) is 5.82 Å². The number of fused-ring (bicyclic) bond motifs is 1. The molecule has 0 radical (unpaired) electrons. The zero-order chi connectivity index (χ0) is 15.6. The standard InChI is InChI=1S/C17H12FN5/c18-14-8-4-7-13-16(14)19-11-20-17(13)21-15-9-10-23(22-15)12-5-2-1-3-6-12/h1-11H,(H,19,20,21,22). The van der Waals surface area contributed by atoms with Crippen molar-refractivity contribution in [2.75, 3.05) is 5.32 Å². The van der Waals surface area contributed by atoms with Crippen LogP contribution in [0.4, 0.5) is 16.0 Å². The summed E-state index contributed by atoms with van der Waals surface area (Å²) in [6.45, 7) is 0. The second-order valence-electron chi connectivity index (χ2n) is 4.96. The van der Waals surface area contributed by atoms with Gasteiger partial charge in [-0.2, -0.15) is 5.10 Å². The molecule has 0 aliphatic heterocycles. The van der Waals surface area contributed by atoms with Gasteiger partial charge in [-0.1, -0.05) is 24.3 Å². The van der Waals surface area contributed by atoms with Crippen LogP contribution in [0.25, 0.3) is 16.6 Å². The number of hydrogen-bond acceptors (Lipinski definition) is 4. The van der Waals surface area contributed by atoms with Crippen molar-refractivity contribution < 1.29 is 4.39 Å². The molecule has 0 saturated carbocycles. The van der Waals surface area contributed by atoms with Crippen LogP contribution in [0.2, 0.25) is 0 Å². The molecule has 2 heterocycles. The van der Waals surface area contributed by atoms with Crippen LogP contribution < -0.4 is 5.32 Å². The first-order valence-corrected chi connectivity index (χ1v) is 7.08. The summed E-state index contributed by atoms with van der Waals surface area (Å²) in [6, 6.07) is 16.4. The highest BCUT2D eigenvalue weighted by atomic mass is 19.1. The Labute approximate surface area is 131 Å². The molecule has 5 nitrogen and oxygen atoms in total. The topological polar surface area (TPSA) is 55.6 Å². The monoisotopic (exact) mass is 305 g/mol. The van der Waals surface area contributed by atoms with E-state index in [0.29, 0.717) is 17.0 Å². The van der Waals surface area contributed by atoms with Gasteiger partial charge in [0.2, 0.25) is 0 Å². The first-order valence-electron chi connectivity index (χ1n) is 7.08. The number of hydrogen-bond donors (Lipinski definition) is 1. The van der Waals surface area contributed by atoms with Gasteiger partial charge in [-0.05, 0) is 24.3 Å². The highest BCUT2D eigenvalue weighted by molar-refractivity contribution is 5.90. The summed E-state index contributed by atoms with van der Waals surface area (Å²) in [6.07, 6.45) is 3.18. The molecule has 6 heteroatoms. The quantitative estimate of drug-likeness (QED) is 0.627. The van der Waals surface area contributed by atoms with Gasteiger partial charge in [0.25, 0.3) is 0 Å². The molecule has 23 heavy (non-hydrogen) atoms. The molecule has 0 unspecified atom stereocenters. The zero-order valence-corrected chi connectivity index (χ0v) is 12.0. The second kappa shape index (κ2) is 5.49. The smallest absolute Gasteiger partial charge is 0.153 e. The van der Waals surface area contributed by atoms with E-state index in [-0.39, 0.29) is 11.3 Å². The number of halogens is 1. The third-order valence-electron chi connectivity index (χ3n) is 3.47. The largest absolute Gasteiger partial charge is 0.323 e. The zero-order valence-electron chi connectivity index (χ0n) is 12.0. The Balaban J connectivity index is 1.70. The van der Waals surface area contributed by atoms with E-state index in [2.05, 4.69) is 20.4 Å². The van der Waals surface area contributed by atoms with Crippen molar-refractivity contribution in [1.29, 1.82) is 0 Å². The third-order valence-corrected chi connectivity index (χ3v) is 3.47. The molecule has 0 aliphatic rings. The number of aromatic nitrogens is 4. The summed E-state index contributed by atoms with van der Waals surface area (Å²) < 4.78 is 15.5. The molecule has 0 saturated heterocycles. The lowest BCUT2D eigenvalue weighted by Crippen LogP contribution is -1.99. The fourth-order valence-electron chi connectivity index (χ4n) is 2.39. The Bertz CT molecular complexity index is 965. The van der Waals surface area contributed by atoms with Crippen LogP contribution in [0.3, 0.4) is 0 Å². The molecule has 0 aliphatic carbocycles. The molecule has 4 rings (SSSR count). The average Bonchev–Trinajstić information content (AvgIpc) is 3.05. The summed E-state index contributed by atoms with van der Waals surface area (Å²) in [5.74, 6) is 0.772. The number of anilines is 2. The Kier molecular flexibility index (Phi) is 3.20. The Hall–Kier alpha value is -3.28. The van der Waals surface area contributed by atoms with Crippen LogP contribution in [0.15, 0.2) is 67.1 Å². The van der Waals surface area contributed by atoms with Crippen molar-refractivity contribution in [1.82, 2.24) is 19.7 Å². The molecule has 0 amide bonds. The maximum Gasteiger partial charge on any atom is 0.153 e. The number of rotatable bonds is 3. The molecule has 0 spiro atoms.